The van der Waals surface area contributed by atoms with Crippen LogP contribution in [0.25, 0.3) is 0 Å². The van der Waals surface area contributed by atoms with Gasteiger partial charge in [0.1, 0.15) is 6.61 Å². The summed E-state index contributed by atoms with van der Waals surface area (Å²) in [5.74, 6) is -0.300. The Morgan fingerprint density at radius 1 is 1.50 bits per heavy atom. The van der Waals surface area contributed by atoms with Gasteiger partial charge in [0.15, 0.2) is 0 Å². The van der Waals surface area contributed by atoms with Gasteiger partial charge in [0.05, 0.1) is 24.9 Å². The molecule has 0 bridgehead atoms. The number of hydrogen-bond acceptors (Lipinski definition) is 5. The molecule has 1 aliphatic rings. The van der Waals surface area contributed by atoms with E-state index in [1.807, 2.05) is 13.8 Å². The van der Waals surface area contributed by atoms with Crippen molar-refractivity contribution in [1.29, 1.82) is 0 Å². The van der Waals surface area contributed by atoms with E-state index in [0.717, 1.165) is 25.9 Å². The van der Waals surface area contributed by atoms with Crippen molar-refractivity contribution in [2.24, 2.45) is 0 Å². The van der Waals surface area contributed by atoms with Crippen molar-refractivity contribution in [2.75, 3.05) is 32.9 Å². The zero-order chi connectivity index (χ0) is 13.4. The van der Waals surface area contributed by atoms with Gasteiger partial charge in [-0.3, -0.25) is 0 Å². The van der Waals surface area contributed by atoms with Crippen molar-refractivity contribution >= 4 is 5.97 Å². The SMILES string of the molecule is CCCCOC(=O)COCC1CNCC(C)(C)O1. The van der Waals surface area contributed by atoms with Gasteiger partial charge in [-0.15, -0.1) is 0 Å². The molecule has 1 N–H and O–H groups in total. The number of nitrogens with one attached hydrogen (secondary N) is 1. The normalized spacial score (nSPS) is 22.7. The summed E-state index contributed by atoms with van der Waals surface area (Å²) >= 11 is 0. The summed E-state index contributed by atoms with van der Waals surface area (Å²) in [7, 11) is 0. The fraction of sp³-hybridized carbons (Fsp3) is 0.923. The number of carbonyl (C=O) groups is 1. The molecule has 1 unspecified atom stereocenters. The maximum Gasteiger partial charge on any atom is 0.332 e. The third kappa shape index (κ3) is 6.33. The van der Waals surface area contributed by atoms with Crippen LogP contribution >= 0.6 is 0 Å². The topological polar surface area (TPSA) is 56.8 Å². The van der Waals surface area contributed by atoms with E-state index in [4.69, 9.17) is 14.2 Å². The Bertz CT molecular complexity index is 255. The predicted octanol–water partition coefficient (Wildman–Crippen LogP) is 1.11. The van der Waals surface area contributed by atoms with Gasteiger partial charge in [0.25, 0.3) is 0 Å². The van der Waals surface area contributed by atoms with Gasteiger partial charge < -0.3 is 19.5 Å². The van der Waals surface area contributed by atoms with Crippen LogP contribution in [0.15, 0.2) is 0 Å². The van der Waals surface area contributed by atoms with Gasteiger partial charge in [-0.05, 0) is 20.3 Å². The highest BCUT2D eigenvalue weighted by molar-refractivity contribution is 5.70. The lowest BCUT2D eigenvalue weighted by atomic mass is 10.1. The molecule has 1 fully saturated rings. The molecule has 0 spiro atoms. The van der Waals surface area contributed by atoms with Gasteiger partial charge in [-0.1, -0.05) is 13.3 Å². The fourth-order valence-electron chi connectivity index (χ4n) is 1.81. The van der Waals surface area contributed by atoms with Crippen molar-refractivity contribution in [3.63, 3.8) is 0 Å². The third-order valence-corrected chi connectivity index (χ3v) is 2.69. The molecule has 0 aromatic carbocycles. The highest BCUT2D eigenvalue weighted by Crippen LogP contribution is 2.15. The Labute approximate surface area is 109 Å². The molecule has 106 valence electrons. The Kier molecular flexibility index (Phi) is 6.60. The quantitative estimate of drug-likeness (QED) is 0.548. The Morgan fingerprint density at radius 2 is 2.28 bits per heavy atom. The molecule has 1 saturated heterocycles. The van der Waals surface area contributed by atoms with Crippen molar-refractivity contribution in [3.8, 4) is 0 Å². The van der Waals surface area contributed by atoms with Crippen LogP contribution in [0.5, 0.6) is 0 Å². The van der Waals surface area contributed by atoms with Crippen LogP contribution in [-0.2, 0) is 19.0 Å². The molecule has 5 heteroatoms. The monoisotopic (exact) mass is 259 g/mol. The van der Waals surface area contributed by atoms with E-state index >= 15 is 0 Å². The van der Waals surface area contributed by atoms with Gasteiger partial charge in [0, 0.05) is 13.1 Å². The van der Waals surface area contributed by atoms with E-state index in [2.05, 4.69) is 12.2 Å². The lowest BCUT2D eigenvalue weighted by Crippen LogP contribution is -2.52. The number of carbonyl (C=O) groups excluding carboxylic acids is 1. The Morgan fingerprint density at radius 3 is 2.94 bits per heavy atom. The average molecular weight is 259 g/mol. The van der Waals surface area contributed by atoms with Crippen LogP contribution in [0.1, 0.15) is 33.6 Å². The van der Waals surface area contributed by atoms with Crippen LogP contribution in [0, 0.1) is 0 Å². The minimum Gasteiger partial charge on any atom is -0.464 e. The molecule has 0 amide bonds. The molecule has 1 atom stereocenters. The first kappa shape index (κ1) is 15.4. The minimum atomic E-state index is -0.300. The number of unbranched alkanes of at least 4 members (excludes halogenated alkanes) is 1. The van der Waals surface area contributed by atoms with E-state index in [1.54, 1.807) is 0 Å². The van der Waals surface area contributed by atoms with Crippen LogP contribution in [-0.4, -0.2) is 50.6 Å². The first-order chi connectivity index (χ1) is 8.53. The molecule has 0 saturated carbocycles. The molecule has 0 aromatic heterocycles. The Balaban J connectivity index is 2.08. The number of rotatable bonds is 7. The summed E-state index contributed by atoms with van der Waals surface area (Å²) < 4.78 is 16.1. The van der Waals surface area contributed by atoms with Crippen LogP contribution in [0.2, 0.25) is 0 Å². The van der Waals surface area contributed by atoms with Crippen LogP contribution in [0.4, 0.5) is 0 Å². The average Bonchev–Trinajstić information content (AvgIpc) is 2.28. The number of ether oxygens (including phenoxy) is 3. The molecule has 5 nitrogen and oxygen atoms in total. The largest absolute Gasteiger partial charge is 0.464 e. The number of esters is 1. The van der Waals surface area contributed by atoms with Crippen molar-refractivity contribution < 1.29 is 19.0 Å². The molecule has 18 heavy (non-hydrogen) atoms. The van der Waals surface area contributed by atoms with Crippen molar-refractivity contribution in [2.45, 2.75) is 45.3 Å². The number of morpholine rings is 1. The van der Waals surface area contributed by atoms with Crippen LogP contribution < -0.4 is 5.32 Å². The highest BCUT2D eigenvalue weighted by atomic mass is 16.6. The first-order valence-electron chi connectivity index (χ1n) is 6.65. The van der Waals surface area contributed by atoms with Gasteiger partial charge in [0.2, 0.25) is 0 Å². The van der Waals surface area contributed by atoms with E-state index in [9.17, 15) is 4.79 Å². The molecular formula is C13H25NO4. The maximum absolute atomic E-state index is 11.3. The Hall–Kier alpha value is -0.650. The molecule has 0 aromatic rings. The van der Waals surface area contributed by atoms with Gasteiger partial charge in [-0.2, -0.15) is 0 Å². The molecule has 0 radical (unpaired) electrons. The van der Waals surface area contributed by atoms with Crippen LogP contribution in [0.3, 0.4) is 0 Å². The number of hydrogen-bond donors (Lipinski definition) is 1. The summed E-state index contributed by atoms with van der Waals surface area (Å²) in [5, 5.41) is 3.28. The minimum absolute atomic E-state index is 0.00260. The lowest BCUT2D eigenvalue weighted by molar-refractivity contribution is -0.154. The standard InChI is InChI=1S/C13H25NO4/c1-4-5-6-17-12(15)9-16-8-11-7-14-10-13(2,3)18-11/h11,14H,4-10H2,1-3H3. The summed E-state index contributed by atoms with van der Waals surface area (Å²) in [6.07, 6.45) is 1.91. The molecule has 1 rings (SSSR count). The summed E-state index contributed by atoms with van der Waals surface area (Å²) in [6.45, 7) is 8.61. The van der Waals surface area contributed by atoms with Gasteiger partial charge >= 0.3 is 5.97 Å². The predicted molar refractivity (Wildman–Crippen MR) is 68.5 cm³/mol. The van der Waals surface area contributed by atoms with Gasteiger partial charge in [-0.25, -0.2) is 4.79 Å². The van der Waals surface area contributed by atoms with E-state index in [-0.39, 0.29) is 24.3 Å². The second kappa shape index (κ2) is 7.71. The second-order valence-electron chi connectivity index (χ2n) is 5.22. The third-order valence-electron chi connectivity index (χ3n) is 2.69. The van der Waals surface area contributed by atoms with E-state index < -0.39 is 0 Å². The summed E-state index contributed by atoms with van der Waals surface area (Å²) in [5.41, 5.74) is -0.173. The zero-order valence-corrected chi connectivity index (χ0v) is 11.7. The van der Waals surface area contributed by atoms with E-state index in [1.165, 1.54) is 0 Å². The zero-order valence-electron chi connectivity index (χ0n) is 11.7. The second-order valence-corrected chi connectivity index (χ2v) is 5.22. The highest BCUT2D eigenvalue weighted by Gasteiger charge is 2.28. The van der Waals surface area contributed by atoms with Crippen molar-refractivity contribution in [3.05, 3.63) is 0 Å². The lowest BCUT2D eigenvalue weighted by Gasteiger charge is -2.36. The smallest absolute Gasteiger partial charge is 0.332 e. The maximum atomic E-state index is 11.3. The van der Waals surface area contributed by atoms with Crippen molar-refractivity contribution in [1.82, 2.24) is 5.32 Å². The first-order valence-corrected chi connectivity index (χ1v) is 6.65. The molecular weight excluding hydrogens is 234 g/mol. The summed E-state index contributed by atoms with van der Waals surface area (Å²) in [4.78, 5) is 11.3. The molecule has 1 aliphatic heterocycles. The van der Waals surface area contributed by atoms with E-state index in [0.29, 0.717) is 13.2 Å². The molecule has 0 aliphatic carbocycles. The molecule has 1 heterocycles. The fourth-order valence-corrected chi connectivity index (χ4v) is 1.81. The summed E-state index contributed by atoms with van der Waals surface area (Å²) in [6, 6.07) is 0.